The molecule has 1 aromatic carbocycles. The summed E-state index contributed by atoms with van der Waals surface area (Å²) in [4.78, 5) is 0.546. The van der Waals surface area contributed by atoms with Gasteiger partial charge >= 0.3 is 5.51 Å². The van der Waals surface area contributed by atoms with Crippen molar-refractivity contribution in [3.05, 3.63) is 34.7 Å². The molecule has 0 spiro atoms. The first-order valence-corrected chi connectivity index (χ1v) is 7.28. The molecular weight excluding hydrogens is 337 g/mol. The monoisotopic (exact) mass is 352 g/mol. The fourth-order valence-corrected chi connectivity index (χ4v) is 4.12. The van der Waals surface area contributed by atoms with Gasteiger partial charge in [0.2, 0.25) is 0 Å². The summed E-state index contributed by atoms with van der Waals surface area (Å²) >= 11 is 0. The van der Waals surface area contributed by atoms with Gasteiger partial charge in [-0.1, -0.05) is 25.0 Å². The smallest absolute Gasteiger partial charge is 0.600 e. The summed E-state index contributed by atoms with van der Waals surface area (Å²) in [5, 5.41) is 0.752. The zero-order chi connectivity index (χ0) is 13.3. The third kappa shape index (κ3) is 3.51. The standard InChI is InChI=1S/C14H16F3S.BrH/c1-3-4-5-12-9-11-8-10(2)6-7-13(11)18(12)14(15,16)17;/h6-9H,3-5H2,1-2H3;1H/q+1;/p-1. The Morgan fingerprint density at radius 3 is 2.42 bits per heavy atom. The minimum atomic E-state index is -4.15. The Morgan fingerprint density at radius 2 is 1.84 bits per heavy atom. The molecule has 0 radical (unpaired) electrons. The van der Waals surface area contributed by atoms with Crippen LogP contribution >= 0.6 is 10.5 Å². The minimum absolute atomic E-state index is 0. The van der Waals surface area contributed by atoms with E-state index in [9.17, 15) is 13.2 Å². The van der Waals surface area contributed by atoms with Crippen LogP contribution in [0.5, 0.6) is 0 Å². The Morgan fingerprint density at radius 1 is 1.16 bits per heavy atom. The topological polar surface area (TPSA) is 0 Å². The molecule has 1 unspecified atom stereocenters. The summed E-state index contributed by atoms with van der Waals surface area (Å²) < 4.78 is 40.0. The first-order valence-electron chi connectivity index (χ1n) is 6.06. The molecule has 0 aliphatic rings. The van der Waals surface area contributed by atoms with Crippen LogP contribution in [0.25, 0.3) is 10.1 Å². The number of thiophene rings is 1. The van der Waals surface area contributed by atoms with Crippen molar-refractivity contribution in [3.8, 4) is 0 Å². The Kier molecular flexibility index (Phi) is 5.44. The Balaban J connectivity index is 0.00000180. The molecule has 5 heteroatoms. The second-order valence-electron chi connectivity index (χ2n) is 4.51. The molecule has 0 N–H and O–H groups in total. The van der Waals surface area contributed by atoms with Crippen molar-refractivity contribution in [3.63, 3.8) is 0 Å². The number of fused-ring (bicyclic) bond motifs is 1. The van der Waals surface area contributed by atoms with E-state index in [0.717, 1.165) is 23.8 Å². The van der Waals surface area contributed by atoms with Crippen molar-refractivity contribution in [2.24, 2.45) is 0 Å². The van der Waals surface area contributed by atoms with Crippen molar-refractivity contribution < 1.29 is 30.2 Å². The molecule has 19 heavy (non-hydrogen) atoms. The van der Waals surface area contributed by atoms with E-state index >= 15 is 0 Å². The number of hydrogen-bond donors (Lipinski definition) is 0. The van der Waals surface area contributed by atoms with Gasteiger partial charge in [-0.25, -0.2) is 0 Å². The van der Waals surface area contributed by atoms with Gasteiger partial charge in [0.15, 0.2) is 9.58 Å². The van der Waals surface area contributed by atoms with E-state index < -0.39 is 16.0 Å². The van der Waals surface area contributed by atoms with E-state index in [-0.39, 0.29) is 17.0 Å². The number of rotatable bonds is 3. The molecule has 0 saturated carbocycles. The van der Waals surface area contributed by atoms with Crippen molar-refractivity contribution in [2.75, 3.05) is 0 Å². The van der Waals surface area contributed by atoms with Crippen LogP contribution in [0.3, 0.4) is 0 Å². The first-order chi connectivity index (χ1) is 8.43. The minimum Gasteiger partial charge on any atom is -1.00 e. The molecule has 2 aromatic rings. The molecule has 2 rings (SSSR count). The van der Waals surface area contributed by atoms with Crippen molar-refractivity contribution >= 4 is 20.6 Å². The summed E-state index contributed by atoms with van der Waals surface area (Å²) in [5.41, 5.74) is -3.15. The largest absolute Gasteiger partial charge is 1.00 e. The van der Waals surface area contributed by atoms with E-state index in [2.05, 4.69) is 0 Å². The van der Waals surface area contributed by atoms with E-state index in [4.69, 9.17) is 0 Å². The van der Waals surface area contributed by atoms with Crippen LogP contribution in [-0.4, -0.2) is 0 Å². The van der Waals surface area contributed by atoms with Crippen molar-refractivity contribution in [1.29, 1.82) is 0 Å². The maximum Gasteiger partial charge on any atom is 0.600 e. The lowest BCUT2D eigenvalue weighted by Crippen LogP contribution is -3.00. The zero-order valence-electron chi connectivity index (χ0n) is 10.9. The highest BCUT2D eigenvalue weighted by Gasteiger charge is 2.47. The van der Waals surface area contributed by atoms with Gasteiger partial charge in [0, 0.05) is 17.9 Å². The Hall–Kier alpha value is -0.550. The van der Waals surface area contributed by atoms with Gasteiger partial charge < -0.3 is 17.0 Å². The van der Waals surface area contributed by atoms with Crippen molar-refractivity contribution in [2.45, 2.75) is 38.6 Å². The number of aryl methyl sites for hydroxylation is 2. The lowest BCUT2D eigenvalue weighted by molar-refractivity contribution is -0.0867. The summed E-state index contributed by atoms with van der Waals surface area (Å²) in [5.74, 6) is 0. The number of unbranched alkanes of at least 4 members (excludes halogenated alkanes) is 1. The molecule has 1 heterocycles. The number of benzene rings is 1. The molecular formula is C14H16BrF3S. The van der Waals surface area contributed by atoms with E-state index in [1.165, 1.54) is 0 Å². The lowest BCUT2D eigenvalue weighted by atomic mass is 10.1. The van der Waals surface area contributed by atoms with Crippen molar-refractivity contribution in [1.82, 2.24) is 0 Å². The fourth-order valence-electron chi connectivity index (χ4n) is 2.14. The quantitative estimate of drug-likeness (QED) is 0.745. The second-order valence-corrected chi connectivity index (χ2v) is 6.55. The first kappa shape index (κ1) is 16.5. The molecule has 0 saturated heterocycles. The summed E-state index contributed by atoms with van der Waals surface area (Å²) in [7, 11) is -1.71. The number of alkyl halides is 3. The predicted molar refractivity (Wildman–Crippen MR) is 71.1 cm³/mol. The van der Waals surface area contributed by atoms with E-state index in [1.54, 1.807) is 18.2 Å². The fraction of sp³-hybridized carbons (Fsp3) is 0.429. The maximum atomic E-state index is 13.2. The Bertz CT molecular complexity index is 558. The summed E-state index contributed by atoms with van der Waals surface area (Å²) in [6.07, 6.45) is 2.28. The highest BCUT2D eigenvalue weighted by molar-refractivity contribution is 7.38. The van der Waals surface area contributed by atoms with Gasteiger partial charge in [0.1, 0.15) is 0 Å². The molecule has 1 aromatic heterocycles. The molecule has 0 aliphatic heterocycles. The van der Waals surface area contributed by atoms with Gasteiger partial charge in [0.05, 0.1) is 10.5 Å². The van der Waals surface area contributed by atoms with E-state index in [1.807, 2.05) is 19.9 Å². The van der Waals surface area contributed by atoms with Crippen LogP contribution in [0, 0.1) is 6.92 Å². The summed E-state index contributed by atoms with van der Waals surface area (Å²) in [6.45, 7) is 3.91. The van der Waals surface area contributed by atoms with Gasteiger partial charge in [-0.15, -0.1) is 13.2 Å². The average molecular weight is 353 g/mol. The van der Waals surface area contributed by atoms with Crippen LogP contribution < -0.4 is 17.0 Å². The number of hydrogen-bond acceptors (Lipinski definition) is 0. The van der Waals surface area contributed by atoms with Gasteiger partial charge in [-0.2, -0.15) is 0 Å². The SMILES string of the molecule is CCCCc1cc2cc(C)ccc2[s+]1C(F)(F)F.[Br-]. The number of halogens is 4. The third-order valence-corrected chi connectivity index (χ3v) is 5.09. The van der Waals surface area contributed by atoms with Gasteiger partial charge in [-0.3, -0.25) is 0 Å². The van der Waals surface area contributed by atoms with Gasteiger partial charge in [-0.05, 0) is 25.5 Å². The predicted octanol–water partition coefficient (Wildman–Crippen LogP) is 2.72. The van der Waals surface area contributed by atoms with Gasteiger partial charge in [0.25, 0.3) is 0 Å². The molecule has 0 bridgehead atoms. The molecule has 0 fully saturated rings. The second kappa shape index (κ2) is 6.27. The normalized spacial score (nSPS) is 12.6. The van der Waals surface area contributed by atoms with Crippen LogP contribution in [0.1, 0.15) is 30.2 Å². The molecule has 106 valence electrons. The van der Waals surface area contributed by atoms with E-state index in [0.29, 0.717) is 16.0 Å². The highest BCUT2D eigenvalue weighted by Crippen LogP contribution is 2.51. The molecule has 1 atom stereocenters. The zero-order valence-corrected chi connectivity index (χ0v) is 13.3. The van der Waals surface area contributed by atoms with Crippen LogP contribution in [0.15, 0.2) is 24.3 Å². The molecule has 0 aliphatic carbocycles. The molecule has 0 nitrogen and oxygen atoms in total. The van der Waals surface area contributed by atoms with Crippen LogP contribution in [0.4, 0.5) is 13.2 Å². The van der Waals surface area contributed by atoms with Crippen LogP contribution in [0.2, 0.25) is 0 Å². The Labute approximate surface area is 124 Å². The highest BCUT2D eigenvalue weighted by atomic mass is 79.9. The summed E-state index contributed by atoms with van der Waals surface area (Å²) in [6, 6.07) is 6.99. The lowest BCUT2D eigenvalue weighted by Gasteiger charge is -1.99. The average Bonchev–Trinajstić information content (AvgIpc) is 2.63. The van der Waals surface area contributed by atoms with Crippen LogP contribution in [-0.2, 0) is 11.9 Å². The third-order valence-electron chi connectivity index (χ3n) is 2.97. The molecule has 0 amide bonds. The maximum absolute atomic E-state index is 13.2.